The fourth-order valence-electron chi connectivity index (χ4n) is 4.81. The average molecular weight is 477 g/mol. The van der Waals surface area contributed by atoms with Crippen LogP contribution < -0.4 is 17.0 Å². The van der Waals surface area contributed by atoms with Gasteiger partial charge in [0.25, 0.3) is 5.56 Å². The van der Waals surface area contributed by atoms with E-state index in [0.29, 0.717) is 13.1 Å². The summed E-state index contributed by atoms with van der Waals surface area (Å²) in [6.07, 6.45) is 0.944. The Morgan fingerprint density at radius 3 is 2.20 bits per heavy atom. The number of hydrogen-bond acceptors (Lipinski definition) is 6. The van der Waals surface area contributed by atoms with Gasteiger partial charge in [-0.15, -0.1) is 0 Å². The highest BCUT2D eigenvalue weighted by Gasteiger charge is 2.29. The number of anilines is 1. The third-order valence-corrected chi connectivity index (χ3v) is 6.83. The largest absolute Gasteiger partial charge is 0.388 e. The van der Waals surface area contributed by atoms with E-state index < -0.39 is 23.1 Å². The van der Waals surface area contributed by atoms with Crippen molar-refractivity contribution >= 4 is 11.6 Å². The number of hydrogen-bond donors (Lipinski definition) is 2. The van der Waals surface area contributed by atoms with Crippen molar-refractivity contribution in [3.63, 3.8) is 0 Å². The number of benzene rings is 2. The van der Waals surface area contributed by atoms with E-state index in [0.717, 1.165) is 28.5 Å². The molecule has 1 atom stereocenters. The van der Waals surface area contributed by atoms with Crippen molar-refractivity contribution in [2.45, 2.75) is 39.0 Å². The topological polar surface area (TPSA) is 111 Å². The summed E-state index contributed by atoms with van der Waals surface area (Å²) < 4.78 is 2.37. The fourth-order valence-corrected chi connectivity index (χ4v) is 4.81. The molecule has 8 nitrogen and oxygen atoms in total. The van der Waals surface area contributed by atoms with Crippen LogP contribution in [0.5, 0.6) is 0 Å². The molecule has 184 valence electrons. The van der Waals surface area contributed by atoms with Crippen molar-refractivity contribution in [1.82, 2.24) is 14.0 Å². The lowest BCUT2D eigenvalue weighted by Crippen LogP contribution is -2.46. The van der Waals surface area contributed by atoms with E-state index in [4.69, 9.17) is 5.73 Å². The van der Waals surface area contributed by atoms with Gasteiger partial charge in [0.1, 0.15) is 11.4 Å². The molecular weight excluding hydrogens is 444 g/mol. The van der Waals surface area contributed by atoms with Gasteiger partial charge in [0.15, 0.2) is 5.78 Å². The summed E-state index contributed by atoms with van der Waals surface area (Å²) >= 11 is 0. The first-order chi connectivity index (χ1) is 16.9. The predicted octanol–water partition coefficient (Wildman–Crippen LogP) is 2.29. The molecule has 0 amide bonds. The van der Waals surface area contributed by atoms with Gasteiger partial charge in [0, 0.05) is 6.54 Å². The van der Waals surface area contributed by atoms with E-state index in [2.05, 4.69) is 0 Å². The molecule has 1 saturated heterocycles. The lowest BCUT2D eigenvalue weighted by molar-refractivity contribution is 0.0563. The molecule has 0 aliphatic carbocycles. The number of nitrogens with two attached hydrogens (primary N) is 1. The highest BCUT2D eigenvalue weighted by Crippen LogP contribution is 2.30. The molecule has 1 aromatic heterocycles. The lowest BCUT2D eigenvalue weighted by atomic mass is 9.87. The van der Waals surface area contributed by atoms with Gasteiger partial charge in [0.2, 0.25) is 0 Å². The summed E-state index contributed by atoms with van der Waals surface area (Å²) in [4.78, 5) is 41.2. The first kappa shape index (κ1) is 24.6. The Labute approximate surface area is 204 Å². The fraction of sp³-hybridized carbons (Fsp3) is 0.370. The highest BCUT2D eigenvalue weighted by atomic mass is 16.3. The van der Waals surface area contributed by atoms with E-state index in [-0.39, 0.29) is 36.9 Å². The van der Waals surface area contributed by atoms with Crippen LogP contribution in [0.2, 0.25) is 0 Å². The van der Waals surface area contributed by atoms with E-state index in [1.165, 1.54) is 4.57 Å². The molecule has 8 heteroatoms. The van der Waals surface area contributed by atoms with Gasteiger partial charge in [-0.3, -0.25) is 23.6 Å². The van der Waals surface area contributed by atoms with Gasteiger partial charge in [-0.2, -0.15) is 0 Å². The van der Waals surface area contributed by atoms with Gasteiger partial charge < -0.3 is 10.8 Å². The highest BCUT2D eigenvalue weighted by molar-refractivity contribution is 6.01. The van der Waals surface area contributed by atoms with Crippen molar-refractivity contribution in [2.24, 2.45) is 5.92 Å². The minimum absolute atomic E-state index is 0.0425. The van der Waals surface area contributed by atoms with Crippen molar-refractivity contribution in [2.75, 3.05) is 25.4 Å². The second kappa shape index (κ2) is 10.8. The van der Waals surface area contributed by atoms with E-state index in [1.54, 1.807) is 6.92 Å². The maximum atomic E-state index is 13.3. The number of carbonyl (C=O) groups excluding carboxylic acids is 1. The Bertz CT molecular complexity index is 1280. The van der Waals surface area contributed by atoms with Crippen LogP contribution in [0.25, 0.3) is 0 Å². The SMILES string of the molecule is CCn1c(=O)c(C(=O)CN2CCC(C(O)c3ccccc3)CC2)c(N)n(Cc2ccccc2)c1=O. The number of likely N-dealkylation sites (tertiary alicyclic amines) is 1. The molecule has 1 fully saturated rings. The number of rotatable bonds is 8. The number of aromatic nitrogens is 2. The molecule has 0 radical (unpaired) electrons. The molecular formula is C27H32N4O4. The van der Waals surface area contributed by atoms with Crippen molar-refractivity contribution in [1.29, 1.82) is 0 Å². The zero-order valence-corrected chi connectivity index (χ0v) is 20.0. The Balaban J connectivity index is 1.51. The summed E-state index contributed by atoms with van der Waals surface area (Å²) in [5.41, 5.74) is 6.72. The standard InChI is InChI=1S/C27H32N4O4/c1-2-30-26(34)23(25(28)31(27(30)35)17-19-9-5-3-6-10-19)22(32)18-29-15-13-21(14-16-29)24(33)20-11-7-4-8-12-20/h3-12,21,24,33H,2,13-18,28H2,1H3. The molecule has 35 heavy (non-hydrogen) atoms. The zero-order chi connectivity index (χ0) is 24.9. The van der Waals surface area contributed by atoms with Crippen LogP contribution in [0.3, 0.4) is 0 Å². The molecule has 2 aromatic carbocycles. The van der Waals surface area contributed by atoms with Gasteiger partial charge >= 0.3 is 5.69 Å². The molecule has 3 aromatic rings. The minimum Gasteiger partial charge on any atom is -0.388 e. The number of ketones is 1. The van der Waals surface area contributed by atoms with Crippen molar-refractivity contribution < 1.29 is 9.90 Å². The Hall–Kier alpha value is -3.49. The van der Waals surface area contributed by atoms with Gasteiger partial charge in [0.05, 0.1) is 19.2 Å². The Morgan fingerprint density at radius 1 is 1.00 bits per heavy atom. The van der Waals surface area contributed by atoms with Crippen LogP contribution in [0.1, 0.15) is 47.4 Å². The molecule has 4 rings (SSSR count). The quantitative estimate of drug-likeness (QED) is 0.483. The predicted molar refractivity (Wildman–Crippen MR) is 135 cm³/mol. The monoisotopic (exact) mass is 476 g/mol. The summed E-state index contributed by atoms with van der Waals surface area (Å²) in [6.45, 7) is 3.33. The Kier molecular flexibility index (Phi) is 7.63. The molecule has 0 saturated carbocycles. The summed E-state index contributed by atoms with van der Waals surface area (Å²) in [7, 11) is 0. The number of nitrogens with zero attached hydrogens (tertiary/aromatic N) is 3. The minimum atomic E-state index is -0.640. The maximum Gasteiger partial charge on any atom is 0.332 e. The number of piperidine rings is 1. The van der Waals surface area contributed by atoms with Crippen LogP contribution >= 0.6 is 0 Å². The average Bonchev–Trinajstić information content (AvgIpc) is 2.88. The second-order valence-electron chi connectivity index (χ2n) is 9.06. The third kappa shape index (κ3) is 5.28. The third-order valence-electron chi connectivity index (χ3n) is 6.83. The van der Waals surface area contributed by atoms with E-state index >= 15 is 0 Å². The summed E-state index contributed by atoms with van der Waals surface area (Å²) in [6, 6.07) is 18.9. The molecule has 1 aliphatic rings. The second-order valence-corrected chi connectivity index (χ2v) is 9.06. The number of nitrogen functional groups attached to an aromatic ring is 1. The van der Waals surface area contributed by atoms with Gasteiger partial charge in [-0.1, -0.05) is 60.7 Å². The molecule has 3 N–H and O–H groups in total. The normalized spacial score (nSPS) is 15.7. The number of aliphatic hydroxyl groups excluding tert-OH is 1. The van der Waals surface area contributed by atoms with E-state index in [9.17, 15) is 19.5 Å². The summed E-state index contributed by atoms with van der Waals surface area (Å²) in [5, 5.41) is 10.7. The molecule has 2 heterocycles. The molecule has 1 unspecified atom stereocenters. The lowest BCUT2D eigenvalue weighted by Gasteiger charge is -2.34. The van der Waals surface area contributed by atoms with Crippen LogP contribution in [0.15, 0.2) is 70.3 Å². The van der Waals surface area contributed by atoms with E-state index in [1.807, 2.05) is 65.6 Å². The van der Waals surface area contributed by atoms with Crippen LogP contribution in [0, 0.1) is 5.92 Å². The zero-order valence-electron chi connectivity index (χ0n) is 20.0. The van der Waals surface area contributed by atoms with Crippen LogP contribution in [-0.2, 0) is 13.1 Å². The molecule has 0 spiro atoms. The molecule has 0 bridgehead atoms. The van der Waals surface area contributed by atoms with Gasteiger partial charge in [-0.25, -0.2) is 4.79 Å². The maximum absolute atomic E-state index is 13.3. The number of aliphatic hydroxyl groups is 1. The first-order valence-corrected chi connectivity index (χ1v) is 12.1. The van der Waals surface area contributed by atoms with Crippen LogP contribution in [-0.4, -0.2) is 44.6 Å². The number of carbonyl (C=O) groups is 1. The first-order valence-electron chi connectivity index (χ1n) is 12.1. The molecule has 1 aliphatic heterocycles. The van der Waals surface area contributed by atoms with Crippen molar-refractivity contribution in [3.05, 3.63) is 98.2 Å². The number of Topliss-reactive ketones (excluding diaryl/α,β-unsaturated/α-hetero) is 1. The van der Waals surface area contributed by atoms with Crippen molar-refractivity contribution in [3.8, 4) is 0 Å². The summed E-state index contributed by atoms with van der Waals surface area (Å²) in [5.74, 6) is -0.370. The Morgan fingerprint density at radius 2 is 1.60 bits per heavy atom. The van der Waals surface area contributed by atoms with Crippen LogP contribution in [0.4, 0.5) is 5.82 Å². The smallest absolute Gasteiger partial charge is 0.332 e. The van der Waals surface area contributed by atoms with Gasteiger partial charge in [-0.05, 0) is 49.9 Å².